The molecule has 19 heavy (non-hydrogen) atoms. The maximum absolute atomic E-state index is 12.1. The summed E-state index contributed by atoms with van der Waals surface area (Å²) in [6.45, 7) is 3.80. The maximum atomic E-state index is 12.1. The van der Waals surface area contributed by atoms with Crippen molar-refractivity contribution in [2.75, 3.05) is 19.8 Å². The van der Waals surface area contributed by atoms with Gasteiger partial charge in [-0.2, -0.15) is 4.31 Å². The number of hydrogen-bond donors (Lipinski definition) is 1. The van der Waals surface area contributed by atoms with Crippen molar-refractivity contribution in [1.82, 2.24) is 9.62 Å². The molecule has 1 N–H and O–H groups in total. The molecular formula is C13H18N2O3S. The minimum Gasteiger partial charge on any atom is -0.351 e. The highest BCUT2D eigenvalue weighted by atomic mass is 32.2. The lowest BCUT2D eigenvalue weighted by atomic mass is 10.1. The molecule has 6 heteroatoms. The molecule has 0 bridgehead atoms. The topological polar surface area (TPSA) is 66.5 Å². The molecule has 1 amide bonds. The largest absolute Gasteiger partial charge is 0.351 e. The minimum absolute atomic E-state index is 0.291. The van der Waals surface area contributed by atoms with Crippen LogP contribution in [-0.2, 0) is 14.8 Å². The van der Waals surface area contributed by atoms with Crippen LogP contribution in [0.5, 0.6) is 0 Å². The molecule has 0 saturated carbocycles. The second kappa shape index (κ2) is 6.49. The summed E-state index contributed by atoms with van der Waals surface area (Å²) in [5.74, 6) is -0.376. The minimum atomic E-state index is -3.47. The number of hydrogen-bond acceptors (Lipinski definition) is 3. The van der Waals surface area contributed by atoms with Crippen molar-refractivity contribution in [1.29, 1.82) is 0 Å². The Bertz CT molecular complexity index is 540. The molecule has 1 aromatic rings. The quantitative estimate of drug-likeness (QED) is 0.789. The van der Waals surface area contributed by atoms with Gasteiger partial charge in [0.25, 0.3) is 0 Å². The standard InChI is InChI=1S/C13H18N2O3S/c1-4-10-14-13(16)12(15(2)19(3,17)18)11-8-6-5-7-9-11/h4-9,12H,1,10H2,2-3H3,(H,14,16)/t12-/m0/s1. The van der Waals surface area contributed by atoms with E-state index in [-0.39, 0.29) is 5.91 Å². The molecule has 1 atom stereocenters. The van der Waals surface area contributed by atoms with Crippen LogP contribution in [0.3, 0.4) is 0 Å². The van der Waals surface area contributed by atoms with Crippen molar-refractivity contribution in [3.8, 4) is 0 Å². The van der Waals surface area contributed by atoms with Crippen molar-refractivity contribution in [2.45, 2.75) is 6.04 Å². The number of nitrogens with zero attached hydrogens (tertiary/aromatic N) is 1. The average molecular weight is 282 g/mol. The molecule has 5 nitrogen and oxygen atoms in total. The first-order valence-electron chi connectivity index (χ1n) is 5.74. The van der Waals surface area contributed by atoms with Gasteiger partial charge in [-0.05, 0) is 5.56 Å². The second-order valence-electron chi connectivity index (χ2n) is 4.13. The van der Waals surface area contributed by atoms with Gasteiger partial charge in [-0.15, -0.1) is 6.58 Å². The SMILES string of the molecule is C=CCNC(=O)[C@H](c1ccccc1)N(C)S(C)(=O)=O. The molecular weight excluding hydrogens is 264 g/mol. The highest BCUT2D eigenvalue weighted by Crippen LogP contribution is 2.21. The zero-order chi connectivity index (χ0) is 14.5. The molecule has 0 aromatic heterocycles. The van der Waals surface area contributed by atoms with Crippen LogP contribution >= 0.6 is 0 Å². The van der Waals surface area contributed by atoms with Gasteiger partial charge in [-0.3, -0.25) is 4.79 Å². The molecule has 0 aliphatic carbocycles. The van der Waals surface area contributed by atoms with Crippen molar-refractivity contribution in [3.63, 3.8) is 0 Å². The Kier molecular flexibility index (Phi) is 5.26. The number of carbonyl (C=O) groups is 1. The van der Waals surface area contributed by atoms with Crippen LogP contribution < -0.4 is 5.32 Å². The summed E-state index contributed by atoms with van der Waals surface area (Å²) in [4.78, 5) is 12.1. The Morgan fingerprint density at radius 1 is 1.42 bits per heavy atom. The lowest BCUT2D eigenvalue weighted by Crippen LogP contribution is -2.41. The number of sulfonamides is 1. The zero-order valence-electron chi connectivity index (χ0n) is 11.0. The van der Waals surface area contributed by atoms with Crippen LogP contribution in [0.25, 0.3) is 0 Å². The summed E-state index contributed by atoms with van der Waals surface area (Å²) < 4.78 is 24.4. The third-order valence-electron chi connectivity index (χ3n) is 2.67. The van der Waals surface area contributed by atoms with Gasteiger partial charge >= 0.3 is 0 Å². The van der Waals surface area contributed by atoms with Crippen LogP contribution in [0.4, 0.5) is 0 Å². The van der Waals surface area contributed by atoms with Gasteiger partial charge in [0.1, 0.15) is 6.04 Å². The summed E-state index contributed by atoms with van der Waals surface area (Å²) in [5.41, 5.74) is 0.622. The van der Waals surface area contributed by atoms with E-state index in [4.69, 9.17) is 0 Å². The first kappa shape index (κ1) is 15.4. The number of nitrogens with one attached hydrogen (secondary N) is 1. The molecule has 0 spiro atoms. The van der Waals surface area contributed by atoms with E-state index in [0.717, 1.165) is 10.6 Å². The first-order chi connectivity index (χ1) is 8.88. The summed E-state index contributed by atoms with van der Waals surface area (Å²) >= 11 is 0. The fraction of sp³-hybridized carbons (Fsp3) is 0.308. The molecule has 1 rings (SSSR count). The van der Waals surface area contributed by atoms with Gasteiger partial charge in [-0.25, -0.2) is 8.42 Å². The fourth-order valence-corrected chi connectivity index (χ4v) is 2.22. The van der Waals surface area contributed by atoms with Gasteiger partial charge in [0.2, 0.25) is 15.9 Å². The molecule has 0 aliphatic heterocycles. The van der Waals surface area contributed by atoms with E-state index < -0.39 is 16.1 Å². The molecule has 0 heterocycles. The number of amides is 1. The Morgan fingerprint density at radius 2 is 2.00 bits per heavy atom. The van der Waals surface area contributed by atoms with E-state index in [0.29, 0.717) is 12.1 Å². The number of carbonyl (C=O) groups excluding carboxylic acids is 1. The normalized spacial score (nSPS) is 13.0. The lowest BCUT2D eigenvalue weighted by Gasteiger charge is -2.25. The zero-order valence-corrected chi connectivity index (χ0v) is 11.9. The number of rotatable bonds is 6. The van der Waals surface area contributed by atoms with E-state index >= 15 is 0 Å². The highest BCUT2D eigenvalue weighted by molar-refractivity contribution is 7.88. The Balaban J connectivity index is 3.11. The Morgan fingerprint density at radius 3 is 2.47 bits per heavy atom. The van der Waals surface area contributed by atoms with E-state index in [1.165, 1.54) is 7.05 Å². The van der Waals surface area contributed by atoms with E-state index in [1.54, 1.807) is 30.3 Å². The number of likely N-dealkylation sites (N-methyl/N-ethyl adjacent to an activating group) is 1. The van der Waals surface area contributed by atoms with Crippen LogP contribution in [0, 0.1) is 0 Å². The second-order valence-corrected chi connectivity index (χ2v) is 6.17. The molecule has 0 radical (unpaired) electrons. The van der Waals surface area contributed by atoms with Crippen molar-refractivity contribution >= 4 is 15.9 Å². The first-order valence-corrected chi connectivity index (χ1v) is 7.59. The predicted octanol–water partition coefficient (Wildman–Crippen LogP) is 0.921. The van der Waals surface area contributed by atoms with Crippen LogP contribution in [0.15, 0.2) is 43.0 Å². The van der Waals surface area contributed by atoms with Crippen molar-refractivity contribution < 1.29 is 13.2 Å². The summed E-state index contributed by atoms with van der Waals surface area (Å²) in [7, 11) is -2.08. The van der Waals surface area contributed by atoms with Gasteiger partial charge < -0.3 is 5.32 Å². The van der Waals surface area contributed by atoms with Crippen LogP contribution in [0.2, 0.25) is 0 Å². The smallest absolute Gasteiger partial charge is 0.243 e. The van der Waals surface area contributed by atoms with E-state index in [9.17, 15) is 13.2 Å². The van der Waals surface area contributed by atoms with E-state index in [2.05, 4.69) is 11.9 Å². The summed E-state index contributed by atoms with van der Waals surface area (Å²) in [5, 5.41) is 2.62. The number of benzene rings is 1. The molecule has 0 fully saturated rings. The molecule has 1 aromatic carbocycles. The molecule has 0 saturated heterocycles. The van der Waals surface area contributed by atoms with Crippen LogP contribution in [0.1, 0.15) is 11.6 Å². The summed E-state index contributed by atoms with van der Waals surface area (Å²) in [6.07, 6.45) is 2.62. The third kappa shape index (κ3) is 4.18. The lowest BCUT2D eigenvalue weighted by molar-refractivity contribution is -0.124. The fourth-order valence-electron chi connectivity index (χ4n) is 1.62. The maximum Gasteiger partial charge on any atom is 0.243 e. The van der Waals surface area contributed by atoms with Gasteiger partial charge in [0.05, 0.1) is 6.26 Å². The molecule has 104 valence electrons. The van der Waals surface area contributed by atoms with Gasteiger partial charge in [0, 0.05) is 13.6 Å². The van der Waals surface area contributed by atoms with E-state index in [1.807, 2.05) is 6.07 Å². The van der Waals surface area contributed by atoms with Crippen molar-refractivity contribution in [2.24, 2.45) is 0 Å². The molecule has 0 unspecified atom stereocenters. The van der Waals surface area contributed by atoms with Gasteiger partial charge in [-0.1, -0.05) is 36.4 Å². The molecule has 0 aliphatic rings. The Hall–Kier alpha value is -1.66. The van der Waals surface area contributed by atoms with Gasteiger partial charge in [0.15, 0.2) is 0 Å². The average Bonchev–Trinajstić information content (AvgIpc) is 2.36. The van der Waals surface area contributed by atoms with Crippen LogP contribution in [-0.4, -0.2) is 38.5 Å². The highest BCUT2D eigenvalue weighted by Gasteiger charge is 2.30. The van der Waals surface area contributed by atoms with Crippen molar-refractivity contribution in [3.05, 3.63) is 48.6 Å². The monoisotopic (exact) mass is 282 g/mol. The predicted molar refractivity (Wildman–Crippen MR) is 75.0 cm³/mol. The third-order valence-corrected chi connectivity index (χ3v) is 3.93. The summed E-state index contributed by atoms with van der Waals surface area (Å²) in [6, 6.07) is 7.90. The Labute approximate surface area is 114 Å².